The van der Waals surface area contributed by atoms with Crippen LogP contribution in [0.4, 0.5) is 5.88 Å². The first kappa shape index (κ1) is 15.4. The summed E-state index contributed by atoms with van der Waals surface area (Å²) in [6.07, 6.45) is 0. The highest BCUT2D eigenvalue weighted by molar-refractivity contribution is 8.00. The smallest absolute Gasteiger partial charge is 0.240 e. The van der Waals surface area contributed by atoms with Crippen molar-refractivity contribution >= 4 is 34.6 Å². The molecule has 0 bridgehead atoms. The van der Waals surface area contributed by atoms with E-state index < -0.39 is 0 Å². The summed E-state index contributed by atoms with van der Waals surface area (Å²) >= 11 is 1.34. The second-order valence-corrected chi connectivity index (χ2v) is 6.34. The van der Waals surface area contributed by atoms with Crippen molar-refractivity contribution in [2.75, 3.05) is 12.4 Å². The third kappa shape index (κ3) is 3.48. The molecule has 0 saturated carbocycles. The van der Waals surface area contributed by atoms with Crippen LogP contribution in [-0.4, -0.2) is 33.4 Å². The zero-order chi connectivity index (χ0) is 16.4. The standard InChI is InChI=1S/C15H16N4O3S/c1-8-6-13(22-19-8)18-14(20)9(2)23-15-16-11-5-4-10(21-3)7-12(11)17-15/h4-7,9H,1-3H3,(H,16,17)(H,18,20). The molecule has 2 N–H and O–H groups in total. The molecule has 8 heteroatoms. The predicted octanol–water partition coefficient (Wildman–Crippen LogP) is 2.99. The number of H-pyrrole nitrogens is 1. The van der Waals surface area contributed by atoms with Gasteiger partial charge in [-0.05, 0) is 26.0 Å². The molecular formula is C15H16N4O3S. The number of amides is 1. The van der Waals surface area contributed by atoms with Gasteiger partial charge >= 0.3 is 0 Å². The summed E-state index contributed by atoms with van der Waals surface area (Å²) in [5.41, 5.74) is 2.41. The van der Waals surface area contributed by atoms with Gasteiger partial charge in [-0.3, -0.25) is 10.1 Å². The summed E-state index contributed by atoms with van der Waals surface area (Å²) in [5, 5.41) is 6.74. The second-order valence-electron chi connectivity index (χ2n) is 5.01. The van der Waals surface area contributed by atoms with Crippen molar-refractivity contribution in [1.29, 1.82) is 0 Å². The van der Waals surface area contributed by atoms with E-state index in [4.69, 9.17) is 9.26 Å². The second kappa shape index (κ2) is 6.33. The molecule has 1 amide bonds. The first-order chi connectivity index (χ1) is 11.0. The lowest BCUT2D eigenvalue weighted by atomic mass is 10.3. The molecule has 0 aliphatic rings. The van der Waals surface area contributed by atoms with Crippen molar-refractivity contribution in [3.63, 3.8) is 0 Å². The molecule has 120 valence electrons. The van der Waals surface area contributed by atoms with Gasteiger partial charge in [0.25, 0.3) is 0 Å². The number of aromatic amines is 1. The number of rotatable bonds is 5. The van der Waals surface area contributed by atoms with E-state index in [1.54, 1.807) is 27.0 Å². The lowest BCUT2D eigenvalue weighted by Gasteiger charge is -2.07. The van der Waals surface area contributed by atoms with E-state index in [-0.39, 0.29) is 11.2 Å². The van der Waals surface area contributed by atoms with Gasteiger partial charge in [0.2, 0.25) is 11.8 Å². The molecule has 7 nitrogen and oxygen atoms in total. The van der Waals surface area contributed by atoms with Crippen LogP contribution in [0.15, 0.2) is 33.9 Å². The normalized spacial score (nSPS) is 12.3. The van der Waals surface area contributed by atoms with Crippen LogP contribution >= 0.6 is 11.8 Å². The third-order valence-corrected chi connectivity index (χ3v) is 4.18. The number of carbonyl (C=O) groups is 1. The molecule has 0 fully saturated rings. The predicted molar refractivity (Wildman–Crippen MR) is 87.8 cm³/mol. The van der Waals surface area contributed by atoms with Crippen molar-refractivity contribution in [2.45, 2.75) is 24.3 Å². The Balaban J connectivity index is 1.69. The number of aryl methyl sites for hydroxylation is 1. The molecule has 3 aromatic rings. The average Bonchev–Trinajstić information content (AvgIpc) is 3.11. The van der Waals surface area contributed by atoms with Gasteiger partial charge in [0, 0.05) is 12.1 Å². The van der Waals surface area contributed by atoms with Crippen LogP contribution in [0.25, 0.3) is 11.0 Å². The van der Waals surface area contributed by atoms with Gasteiger partial charge in [-0.1, -0.05) is 16.9 Å². The van der Waals surface area contributed by atoms with Crippen LogP contribution in [0.1, 0.15) is 12.6 Å². The molecule has 23 heavy (non-hydrogen) atoms. The maximum Gasteiger partial charge on any atom is 0.240 e. The molecule has 0 saturated heterocycles. The molecule has 0 aliphatic heterocycles. The molecule has 3 rings (SSSR count). The van der Waals surface area contributed by atoms with Gasteiger partial charge in [0.05, 0.1) is 29.1 Å². The number of carbonyl (C=O) groups excluding carboxylic acids is 1. The van der Waals surface area contributed by atoms with Gasteiger partial charge < -0.3 is 14.2 Å². The minimum atomic E-state index is -0.345. The van der Waals surface area contributed by atoms with Crippen LogP contribution in [0.3, 0.4) is 0 Å². The topological polar surface area (TPSA) is 93.0 Å². The van der Waals surface area contributed by atoms with Gasteiger partial charge in [-0.2, -0.15) is 0 Å². The Labute approximate surface area is 136 Å². The number of nitrogens with one attached hydrogen (secondary N) is 2. The zero-order valence-electron chi connectivity index (χ0n) is 12.9. The first-order valence-corrected chi connectivity index (χ1v) is 7.87. The van der Waals surface area contributed by atoms with Crippen molar-refractivity contribution < 1.29 is 14.1 Å². The Morgan fingerprint density at radius 1 is 1.43 bits per heavy atom. The zero-order valence-corrected chi connectivity index (χ0v) is 13.7. The molecule has 1 unspecified atom stereocenters. The number of benzene rings is 1. The SMILES string of the molecule is COc1ccc2nc(SC(C)C(=O)Nc3cc(C)no3)[nH]c2c1. The van der Waals surface area contributed by atoms with Crippen molar-refractivity contribution in [2.24, 2.45) is 0 Å². The van der Waals surface area contributed by atoms with Crippen LogP contribution in [-0.2, 0) is 4.79 Å². The number of fused-ring (bicyclic) bond motifs is 1. The number of hydrogen-bond donors (Lipinski definition) is 2. The summed E-state index contributed by atoms with van der Waals surface area (Å²) in [6.45, 7) is 3.59. The summed E-state index contributed by atoms with van der Waals surface area (Å²) in [5.74, 6) is 0.919. The van der Waals surface area contributed by atoms with E-state index in [9.17, 15) is 4.79 Å². The molecule has 0 radical (unpaired) electrons. The molecule has 0 aliphatic carbocycles. The first-order valence-electron chi connectivity index (χ1n) is 7.00. The Morgan fingerprint density at radius 2 is 2.26 bits per heavy atom. The molecular weight excluding hydrogens is 316 g/mol. The van der Waals surface area contributed by atoms with E-state index in [0.717, 1.165) is 16.8 Å². The van der Waals surface area contributed by atoms with E-state index in [1.165, 1.54) is 11.8 Å². The number of anilines is 1. The molecule has 2 heterocycles. The Bertz CT molecular complexity index is 842. The lowest BCUT2D eigenvalue weighted by molar-refractivity contribution is -0.115. The van der Waals surface area contributed by atoms with E-state index in [0.29, 0.717) is 16.7 Å². The average molecular weight is 332 g/mol. The number of nitrogens with zero attached hydrogens (tertiary/aromatic N) is 2. The highest BCUT2D eigenvalue weighted by Crippen LogP contribution is 2.26. The number of ether oxygens (including phenoxy) is 1. The largest absolute Gasteiger partial charge is 0.497 e. The third-order valence-electron chi connectivity index (χ3n) is 3.20. The summed E-state index contributed by atoms with van der Waals surface area (Å²) in [7, 11) is 1.62. The Morgan fingerprint density at radius 3 is 2.96 bits per heavy atom. The maximum absolute atomic E-state index is 12.2. The number of methoxy groups -OCH3 is 1. The lowest BCUT2D eigenvalue weighted by Crippen LogP contribution is -2.22. The van der Waals surface area contributed by atoms with Gasteiger partial charge in [-0.25, -0.2) is 4.98 Å². The summed E-state index contributed by atoms with van der Waals surface area (Å²) < 4.78 is 10.2. The van der Waals surface area contributed by atoms with E-state index in [1.807, 2.05) is 18.2 Å². The Hall–Kier alpha value is -2.48. The summed E-state index contributed by atoms with van der Waals surface area (Å²) in [6, 6.07) is 7.26. The molecule has 1 atom stereocenters. The van der Waals surface area contributed by atoms with Crippen molar-refractivity contribution in [3.05, 3.63) is 30.0 Å². The number of hydrogen-bond acceptors (Lipinski definition) is 6. The fourth-order valence-corrected chi connectivity index (χ4v) is 2.84. The van der Waals surface area contributed by atoms with E-state index in [2.05, 4.69) is 20.4 Å². The fourth-order valence-electron chi connectivity index (χ4n) is 2.01. The maximum atomic E-state index is 12.2. The minimum absolute atomic E-state index is 0.177. The highest BCUT2D eigenvalue weighted by atomic mass is 32.2. The highest BCUT2D eigenvalue weighted by Gasteiger charge is 2.18. The summed E-state index contributed by atoms with van der Waals surface area (Å²) in [4.78, 5) is 19.8. The Kier molecular flexibility index (Phi) is 4.24. The molecule has 0 spiro atoms. The van der Waals surface area contributed by atoms with Crippen molar-refractivity contribution in [3.8, 4) is 5.75 Å². The van der Waals surface area contributed by atoms with Crippen LogP contribution in [0, 0.1) is 6.92 Å². The van der Waals surface area contributed by atoms with Crippen LogP contribution in [0.5, 0.6) is 5.75 Å². The van der Waals surface area contributed by atoms with Crippen LogP contribution < -0.4 is 10.1 Å². The quantitative estimate of drug-likeness (QED) is 0.698. The number of imidazole rings is 1. The van der Waals surface area contributed by atoms with Crippen LogP contribution in [0.2, 0.25) is 0 Å². The molecule has 2 aromatic heterocycles. The fraction of sp³-hybridized carbons (Fsp3) is 0.267. The number of thioether (sulfide) groups is 1. The van der Waals surface area contributed by atoms with Gasteiger partial charge in [0.1, 0.15) is 5.75 Å². The molecule has 1 aromatic carbocycles. The minimum Gasteiger partial charge on any atom is -0.497 e. The van der Waals surface area contributed by atoms with Gasteiger partial charge in [0.15, 0.2) is 5.16 Å². The van der Waals surface area contributed by atoms with Crippen molar-refractivity contribution in [1.82, 2.24) is 15.1 Å². The van der Waals surface area contributed by atoms with E-state index >= 15 is 0 Å². The monoisotopic (exact) mass is 332 g/mol. The number of aromatic nitrogens is 3. The van der Waals surface area contributed by atoms with Gasteiger partial charge in [-0.15, -0.1) is 0 Å².